The molecule has 26 heavy (non-hydrogen) atoms. The third kappa shape index (κ3) is 9.88. The topological polar surface area (TPSA) is 96.5 Å². The van der Waals surface area contributed by atoms with Gasteiger partial charge >= 0.3 is 12.1 Å². The summed E-state index contributed by atoms with van der Waals surface area (Å²) in [5, 5.41) is 6.21. The van der Waals surface area contributed by atoms with Crippen LogP contribution < -0.4 is 16.0 Å². The van der Waals surface area contributed by atoms with Crippen LogP contribution in [0.2, 0.25) is 0 Å². The number of hydrogen-bond acceptors (Lipinski definition) is 4. The van der Waals surface area contributed by atoms with Crippen LogP contribution in [0.5, 0.6) is 0 Å². The second-order valence-electron chi connectivity index (χ2n) is 5.60. The van der Waals surface area contributed by atoms with E-state index in [9.17, 15) is 27.6 Å². The molecule has 1 unspecified atom stereocenters. The molecule has 0 saturated heterocycles. The number of hydrogen-bond donors (Lipinski definition) is 3. The smallest absolute Gasteiger partial charge is 0.356 e. The van der Waals surface area contributed by atoms with Crippen molar-refractivity contribution >= 4 is 17.7 Å². The van der Waals surface area contributed by atoms with Crippen molar-refractivity contribution in [3.63, 3.8) is 0 Å². The summed E-state index contributed by atoms with van der Waals surface area (Å²) in [6.07, 6.45) is -0.570. The second kappa shape index (κ2) is 11.4. The predicted octanol–water partition coefficient (Wildman–Crippen LogP) is 0.250. The highest BCUT2D eigenvalue weighted by Crippen LogP contribution is 2.13. The van der Waals surface area contributed by atoms with Gasteiger partial charge in [0.2, 0.25) is 11.8 Å². The van der Waals surface area contributed by atoms with Gasteiger partial charge in [-0.25, -0.2) is 0 Å². The first-order valence-corrected chi connectivity index (χ1v) is 8.27. The van der Waals surface area contributed by atoms with Crippen molar-refractivity contribution in [2.24, 2.45) is 0 Å². The minimum atomic E-state index is -4.96. The third-order valence-corrected chi connectivity index (χ3v) is 3.38. The van der Waals surface area contributed by atoms with Crippen molar-refractivity contribution in [1.29, 1.82) is 0 Å². The Bertz CT molecular complexity index is 555. The molecule has 0 aliphatic heterocycles. The molecule has 3 N–H and O–H groups in total. The SMILES string of the molecule is O=C(CNC(=O)COC1C#CCCCCC1)NCCNC(=O)C(F)(F)F. The van der Waals surface area contributed by atoms with Crippen molar-refractivity contribution in [1.82, 2.24) is 16.0 Å². The quantitative estimate of drug-likeness (QED) is 0.417. The fourth-order valence-corrected chi connectivity index (χ4v) is 2.05. The van der Waals surface area contributed by atoms with Gasteiger partial charge in [0, 0.05) is 19.5 Å². The molecule has 0 aromatic carbocycles. The minimum Gasteiger partial charge on any atom is -0.356 e. The summed E-state index contributed by atoms with van der Waals surface area (Å²) >= 11 is 0. The maximum atomic E-state index is 11.9. The van der Waals surface area contributed by atoms with Gasteiger partial charge in [-0.3, -0.25) is 14.4 Å². The fraction of sp³-hybridized carbons (Fsp3) is 0.688. The Balaban J connectivity index is 2.12. The molecular weight excluding hydrogens is 355 g/mol. The summed E-state index contributed by atoms with van der Waals surface area (Å²) in [7, 11) is 0. The van der Waals surface area contributed by atoms with E-state index in [4.69, 9.17) is 4.74 Å². The molecule has 3 amide bonds. The fourth-order valence-electron chi connectivity index (χ4n) is 2.05. The Hall–Kier alpha value is -2.28. The van der Waals surface area contributed by atoms with Crippen LogP contribution in [0.4, 0.5) is 13.2 Å². The molecular formula is C16H22F3N3O4. The largest absolute Gasteiger partial charge is 0.471 e. The van der Waals surface area contributed by atoms with Crippen molar-refractivity contribution < 1.29 is 32.3 Å². The van der Waals surface area contributed by atoms with Crippen LogP contribution in [0.15, 0.2) is 0 Å². The standard InChI is InChI=1S/C16H22F3N3O4/c17-16(18,19)15(25)21-9-8-20-13(23)10-22-14(24)11-26-12-6-4-2-1-3-5-7-12/h12H,1-4,6,8-11H2,(H,20,23)(H,21,25)(H,22,24). The first-order valence-electron chi connectivity index (χ1n) is 8.27. The number of halogens is 3. The van der Waals surface area contributed by atoms with Crippen LogP contribution >= 0.6 is 0 Å². The lowest BCUT2D eigenvalue weighted by atomic mass is 10.1. The molecule has 0 fully saturated rings. The van der Waals surface area contributed by atoms with Gasteiger partial charge in [0.25, 0.3) is 0 Å². The van der Waals surface area contributed by atoms with Crippen LogP contribution in [0.3, 0.4) is 0 Å². The highest BCUT2D eigenvalue weighted by molar-refractivity contribution is 5.85. The van der Waals surface area contributed by atoms with Gasteiger partial charge in [-0.1, -0.05) is 12.3 Å². The zero-order valence-corrected chi connectivity index (χ0v) is 14.2. The molecule has 1 rings (SSSR count). The van der Waals surface area contributed by atoms with Gasteiger partial charge in [0.15, 0.2) is 0 Å². The third-order valence-electron chi connectivity index (χ3n) is 3.38. The summed E-state index contributed by atoms with van der Waals surface area (Å²) in [6, 6.07) is 0. The molecule has 1 atom stereocenters. The van der Waals surface area contributed by atoms with Crippen molar-refractivity contribution in [3.05, 3.63) is 0 Å². The second-order valence-corrected chi connectivity index (χ2v) is 5.60. The number of carbonyl (C=O) groups excluding carboxylic acids is 3. The van der Waals surface area contributed by atoms with Crippen molar-refractivity contribution in [3.8, 4) is 11.8 Å². The van der Waals surface area contributed by atoms with Gasteiger partial charge in [0.1, 0.15) is 12.7 Å². The molecule has 1 aliphatic carbocycles. The summed E-state index contributed by atoms with van der Waals surface area (Å²) in [6.45, 7) is -1.13. The lowest BCUT2D eigenvalue weighted by Crippen LogP contribution is -2.43. The number of nitrogens with one attached hydrogen (secondary N) is 3. The molecule has 0 heterocycles. The number of ether oxygens (including phenoxy) is 1. The van der Waals surface area contributed by atoms with Gasteiger partial charge in [-0.05, 0) is 19.3 Å². The number of rotatable bonds is 8. The summed E-state index contributed by atoms with van der Waals surface area (Å²) in [5.41, 5.74) is 0. The van der Waals surface area contributed by atoms with E-state index in [2.05, 4.69) is 22.5 Å². The first-order chi connectivity index (χ1) is 12.3. The van der Waals surface area contributed by atoms with Crippen LogP contribution in [0, 0.1) is 11.8 Å². The van der Waals surface area contributed by atoms with E-state index in [0.717, 1.165) is 32.1 Å². The molecule has 0 aromatic rings. The maximum absolute atomic E-state index is 11.9. The summed E-state index contributed by atoms with van der Waals surface area (Å²) < 4.78 is 41.2. The van der Waals surface area contributed by atoms with Crippen LogP contribution in [0.1, 0.15) is 32.1 Å². The minimum absolute atomic E-state index is 0.190. The molecule has 0 aromatic heterocycles. The molecule has 0 bridgehead atoms. The van der Waals surface area contributed by atoms with E-state index >= 15 is 0 Å². The molecule has 7 nitrogen and oxygen atoms in total. The van der Waals surface area contributed by atoms with Crippen molar-refractivity contribution in [2.75, 3.05) is 26.2 Å². The molecule has 1 aliphatic rings. The zero-order chi connectivity index (χ0) is 19.4. The Labute approximate surface area is 149 Å². The zero-order valence-electron chi connectivity index (χ0n) is 14.2. The Morgan fingerprint density at radius 2 is 1.73 bits per heavy atom. The van der Waals surface area contributed by atoms with Crippen LogP contribution in [-0.2, 0) is 19.1 Å². The van der Waals surface area contributed by atoms with Crippen molar-refractivity contribution in [2.45, 2.75) is 44.4 Å². The maximum Gasteiger partial charge on any atom is 0.471 e. The van der Waals surface area contributed by atoms with E-state index < -0.39 is 23.9 Å². The number of alkyl halides is 3. The summed E-state index contributed by atoms with van der Waals surface area (Å²) in [5.74, 6) is 2.78. The van der Waals surface area contributed by atoms with Gasteiger partial charge in [-0.15, -0.1) is 5.92 Å². The highest BCUT2D eigenvalue weighted by atomic mass is 19.4. The van der Waals surface area contributed by atoms with E-state index in [1.165, 1.54) is 0 Å². The van der Waals surface area contributed by atoms with E-state index in [-0.39, 0.29) is 32.3 Å². The van der Waals surface area contributed by atoms with Crippen LogP contribution in [-0.4, -0.2) is 56.2 Å². The van der Waals surface area contributed by atoms with Gasteiger partial charge < -0.3 is 20.7 Å². The molecule has 0 radical (unpaired) electrons. The normalized spacial score (nSPS) is 17.1. The van der Waals surface area contributed by atoms with E-state index in [1.54, 1.807) is 5.32 Å². The Morgan fingerprint density at radius 3 is 2.46 bits per heavy atom. The average molecular weight is 377 g/mol. The Morgan fingerprint density at radius 1 is 1.00 bits per heavy atom. The van der Waals surface area contributed by atoms with E-state index in [0.29, 0.717) is 0 Å². The number of carbonyl (C=O) groups is 3. The van der Waals surface area contributed by atoms with E-state index in [1.807, 2.05) is 0 Å². The van der Waals surface area contributed by atoms with Gasteiger partial charge in [-0.2, -0.15) is 13.2 Å². The lowest BCUT2D eigenvalue weighted by Gasteiger charge is -2.13. The summed E-state index contributed by atoms with van der Waals surface area (Å²) in [4.78, 5) is 33.6. The monoisotopic (exact) mass is 377 g/mol. The first kappa shape index (κ1) is 21.8. The molecule has 146 valence electrons. The Kier molecular flexibility index (Phi) is 9.51. The molecule has 0 spiro atoms. The molecule has 10 heteroatoms. The lowest BCUT2D eigenvalue weighted by molar-refractivity contribution is -0.173. The molecule has 0 saturated carbocycles. The average Bonchev–Trinajstić information content (AvgIpc) is 2.54. The highest BCUT2D eigenvalue weighted by Gasteiger charge is 2.38. The number of amides is 3. The van der Waals surface area contributed by atoms with Gasteiger partial charge in [0.05, 0.1) is 6.54 Å². The van der Waals surface area contributed by atoms with Crippen LogP contribution in [0.25, 0.3) is 0 Å². The predicted molar refractivity (Wildman–Crippen MR) is 85.7 cm³/mol.